The van der Waals surface area contributed by atoms with E-state index >= 15 is 0 Å². The van der Waals surface area contributed by atoms with E-state index in [4.69, 9.17) is 4.42 Å². The fourth-order valence-corrected chi connectivity index (χ4v) is 3.89. The summed E-state index contributed by atoms with van der Waals surface area (Å²) in [7, 11) is 0. The summed E-state index contributed by atoms with van der Waals surface area (Å²) in [4.78, 5) is 9.74. The Kier molecular flexibility index (Phi) is 3.05. The number of rotatable bonds is 3. The molecule has 1 aliphatic carbocycles. The minimum absolute atomic E-state index is 0.000244. The standard InChI is InChI=1S/C19H18FN7O/c1-19(5-6-19)17-23-24-18(28-17)26-8-4-12-15(22-10-21-12)16(26)13-9-14-11(20)3-2-7-27(14)25-13/h2-3,7,9-10,16H,4-6,8H2,1H3,(H,21,22)/t16-/m0/s1. The molecule has 0 bridgehead atoms. The van der Waals surface area contributed by atoms with Gasteiger partial charge < -0.3 is 14.3 Å². The van der Waals surface area contributed by atoms with Crippen molar-refractivity contribution >= 4 is 11.5 Å². The Morgan fingerprint density at radius 2 is 2.21 bits per heavy atom. The zero-order valence-corrected chi connectivity index (χ0v) is 15.3. The first-order chi connectivity index (χ1) is 13.6. The number of halogens is 1. The highest BCUT2D eigenvalue weighted by atomic mass is 19.1. The average Bonchev–Trinajstić information content (AvgIpc) is 3.16. The van der Waals surface area contributed by atoms with Crippen LogP contribution < -0.4 is 4.90 Å². The Balaban J connectivity index is 1.48. The van der Waals surface area contributed by atoms with Crippen LogP contribution in [-0.2, 0) is 11.8 Å². The van der Waals surface area contributed by atoms with E-state index in [2.05, 4.69) is 32.2 Å². The summed E-state index contributed by atoms with van der Waals surface area (Å²) in [6.45, 7) is 2.81. The number of fused-ring (bicyclic) bond motifs is 2. The quantitative estimate of drug-likeness (QED) is 0.589. The highest BCUT2D eigenvalue weighted by molar-refractivity contribution is 5.53. The highest BCUT2D eigenvalue weighted by Crippen LogP contribution is 2.48. The van der Waals surface area contributed by atoms with Crippen molar-refractivity contribution in [1.29, 1.82) is 0 Å². The fraction of sp³-hybridized carbons (Fsp3) is 0.368. The van der Waals surface area contributed by atoms with Crippen molar-refractivity contribution in [3.8, 4) is 0 Å². The van der Waals surface area contributed by atoms with E-state index < -0.39 is 0 Å². The van der Waals surface area contributed by atoms with E-state index in [9.17, 15) is 4.39 Å². The van der Waals surface area contributed by atoms with Gasteiger partial charge >= 0.3 is 6.01 Å². The molecular formula is C19H18FN7O. The molecule has 28 heavy (non-hydrogen) atoms. The van der Waals surface area contributed by atoms with Crippen molar-refractivity contribution in [3.63, 3.8) is 0 Å². The van der Waals surface area contributed by atoms with Crippen molar-refractivity contribution in [2.24, 2.45) is 0 Å². The van der Waals surface area contributed by atoms with Crippen LogP contribution in [0.5, 0.6) is 0 Å². The van der Waals surface area contributed by atoms with Crippen LogP contribution in [0.2, 0.25) is 0 Å². The van der Waals surface area contributed by atoms with Gasteiger partial charge in [0.05, 0.1) is 17.7 Å². The summed E-state index contributed by atoms with van der Waals surface area (Å²) in [5, 5.41) is 13.2. The predicted molar refractivity (Wildman–Crippen MR) is 97.5 cm³/mol. The number of hydrogen-bond acceptors (Lipinski definition) is 6. The lowest BCUT2D eigenvalue weighted by Crippen LogP contribution is -2.37. The van der Waals surface area contributed by atoms with Crippen molar-refractivity contribution in [3.05, 3.63) is 59.5 Å². The molecule has 1 fully saturated rings. The molecule has 0 amide bonds. The van der Waals surface area contributed by atoms with Gasteiger partial charge in [-0.3, -0.25) is 0 Å². The maximum Gasteiger partial charge on any atom is 0.319 e. The molecule has 1 saturated carbocycles. The van der Waals surface area contributed by atoms with E-state index in [1.54, 1.807) is 29.2 Å². The zero-order valence-electron chi connectivity index (χ0n) is 15.3. The third-order valence-electron chi connectivity index (χ3n) is 5.85. The number of aromatic amines is 1. The lowest BCUT2D eigenvalue weighted by atomic mass is 10.0. The maximum absolute atomic E-state index is 14.2. The van der Waals surface area contributed by atoms with Gasteiger partial charge in [0.1, 0.15) is 17.4 Å². The summed E-state index contributed by atoms with van der Waals surface area (Å²) < 4.78 is 21.8. The van der Waals surface area contributed by atoms with Crippen LogP contribution in [-0.4, -0.2) is 36.3 Å². The number of hydrogen-bond donors (Lipinski definition) is 1. The van der Waals surface area contributed by atoms with Gasteiger partial charge in [0, 0.05) is 30.3 Å². The van der Waals surface area contributed by atoms with Crippen molar-refractivity contribution in [2.45, 2.75) is 37.6 Å². The minimum atomic E-state index is -0.324. The number of aromatic nitrogens is 6. The molecule has 4 aromatic heterocycles. The highest BCUT2D eigenvalue weighted by Gasteiger charge is 2.45. The van der Waals surface area contributed by atoms with Crippen molar-refractivity contribution in [1.82, 2.24) is 29.8 Å². The molecule has 142 valence electrons. The van der Waals surface area contributed by atoms with E-state index in [1.165, 1.54) is 6.07 Å². The second-order valence-corrected chi connectivity index (χ2v) is 7.82. The molecule has 0 spiro atoms. The summed E-state index contributed by atoms with van der Waals surface area (Å²) in [6.07, 6.45) is 6.32. The first-order valence-electron chi connectivity index (χ1n) is 9.39. The molecule has 1 N–H and O–H groups in total. The zero-order chi connectivity index (χ0) is 18.9. The van der Waals surface area contributed by atoms with Crippen LogP contribution in [0.25, 0.3) is 5.52 Å². The van der Waals surface area contributed by atoms with Crippen LogP contribution in [0.3, 0.4) is 0 Å². The van der Waals surface area contributed by atoms with E-state index in [0.29, 0.717) is 29.7 Å². The van der Waals surface area contributed by atoms with Crippen LogP contribution in [0, 0.1) is 5.82 Å². The molecule has 6 rings (SSSR count). The smallest absolute Gasteiger partial charge is 0.319 e. The summed E-state index contributed by atoms with van der Waals surface area (Å²) in [5.41, 5.74) is 3.02. The molecule has 0 unspecified atom stereocenters. The minimum Gasteiger partial charge on any atom is -0.407 e. The third-order valence-corrected chi connectivity index (χ3v) is 5.85. The van der Waals surface area contributed by atoms with Crippen LogP contribution in [0.1, 0.15) is 48.8 Å². The van der Waals surface area contributed by atoms with Gasteiger partial charge in [-0.2, -0.15) is 5.10 Å². The normalized spacial score (nSPS) is 20.5. The molecule has 1 atom stereocenters. The third kappa shape index (κ3) is 2.22. The average molecular weight is 379 g/mol. The van der Waals surface area contributed by atoms with Gasteiger partial charge in [-0.25, -0.2) is 13.9 Å². The molecule has 8 nitrogen and oxygen atoms in total. The van der Waals surface area contributed by atoms with Crippen LogP contribution in [0.15, 0.2) is 35.1 Å². The first-order valence-corrected chi connectivity index (χ1v) is 9.39. The molecule has 0 saturated heterocycles. The number of nitrogens with one attached hydrogen (secondary N) is 1. The Bertz CT molecular complexity index is 1190. The SMILES string of the molecule is CC1(c2nnc(N3CCc4[nH]cnc4[C@@H]3c3cc4c(F)cccn4n3)o2)CC1. The summed E-state index contributed by atoms with van der Waals surface area (Å²) in [5.74, 6) is 0.364. The maximum atomic E-state index is 14.2. The Morgan fingerprint density at radius 3 is 3.04 bits per heavy atom. The number of anilines is 1. The Labute approximate surface area is 159 Å². The molecule has 0 radical (unpaired) electrons. The van der Waals surface area contributed by atoms with Gasteiger partial charge in [-0.15, -0.1) is 5.10 Å². The number of pyridine rings is 1. The molecule has 1 aliphatic heterocycles. The van der Waals surface area contributed by atoms with Crippen LogP contribution in [0.4, 0.5) is 10.4 Å². The lowest BCUT2D eigenvalue weighted by Gasteiger charge is -2.32. The predicted octanol–water partition coefficient (Wildman–Crippen LogP) is 2.78. The molecule has 5 heterocycles. The van der Waals surface area contributed by atoms with Crippen LogP contribution >= 0.6 is 0 Å². The van der Waals surface area contributed by atoms with Crippen molar-refractivity contribution in [2.75, 3.05) is 11.4 Å². The van der Waals surface area contributed by atoms with Gasteiger partial charge in [0.15, 0.2) is 0 Å². The van der Waals surface area contributed by atoms with Gasteiger partial charge in [0.25, 0.3) is 0 Å². The lowest BCUT2D eigenvalue weighted by molar-refractivity contribution is 0.431. The van der Waals surface area contributed by atoms with Gasteiger partial charge in [0.2, 0.25) is 5.89 Å². The fourth-order valence-electron chi connectivity index (χ4n) is 3.89. The molecular weight excluding hydrogens is 361 g/mol. The second kappa shape index (κ2) is 5.40. The van der Waals surface area contributed by atoms with E-state index in [0.717, 1.165) is 30.7 Å². The molecule has 2 aliphatic rings. The summed E-state index contributed by atoms with van der Waals surface area (Å²) >= 11 is 0. The van der Waals surface area contributed by atoms with E-state index in [1.807, 2.05) is 4.90 Å². The summed E-state index contributed by atoms with van der Waals surface area (Å²) in [6, 6.07) is 4.96. The molecule has 0 aromatic carbocycles. The van der Waals surface area contributed by atoms with Gasteiger partial charge in [-0.05, 0) is 31.0 Å². The largest absolute Gasteiger partial charge is 0.407 e. The topological polar surface area (TPSA) is 88.1 Å². The Morgan fingerprint density at radius 1 is 1.32 bits per heavy atom. The Hall–Kier alpha value is -3.23. The van der Waals surface area contributed by atoms with E-state index in [-0.39, 0.29) is 17.3 Å². The molecule has 4 aromatic rings. The molecule has 9 heteroatoms. The number of H-pyrrole nitrogens is 1. The second-order valence-electron chi connectivity index (χ2n) is 7.82. The monoisotopic (exact) mass is 379 g/mol. The number of imidazole rings is 1. The first kappa shape index (κ1) is 15.8. The number of nitrogens with zero attached hydrogens (tertiary/aromatic N) is 6. The van der Waals surface area contributed by atoms with Gasteiger partial charge in [-0.1, -0.05) is 12.0 Å². The van der Waals surface area contributed by atoms with Crippen molar-refractivity contribution < 1.29 is 8.81 Å².